The first kappa shape index (κ1) is 29.4. The van der Waals surface area contributed by atoms with Gasteiger partial charge in [-0.05, 0) is 24.0 Å². The van der Waals surface area contributed by atoms with Gasteiger partial charge < -0.3 is 44.7 Å². The second-order valence-electron chi connectivity index (χ2n) is 10.3. The van der Waals surface area contributed by atoms with Gasteiger partial charge in [0.05, 0.1) is 18.2 Å². The lowest BCUT2D eigenvalue weighted by Crippen LogP contribution is -2.73. The number of aromatic nitrogens is 2. The monoisotopic (exact) mass is 560 g/mol. The highest BCUT2D eigenvalue weighted by molar-refractivity contribution is 5.93. The number of esters is 1. The van der Waals surface area contributed by atoms with Crippen molar-refractivity contribution in [3.8, 4) is 0 Å². The van der Waals surface area contributed by atoms with Crippen molar-refractivity contribution >= 4 is 17.9 Å². The Morgan fingerprint density at radius 2 is 1.82 bits per heavy atom. The normalized spacial score (nSPS) is 32.7. The maximum absolute atomic E-state index is 12.5. The minimum absolute atomic E-state index is 0.0578. The number of aliphatic hydroxyl groups excluding tert-OH is 2. The fourth-order valence-electron chi connectivity index (χ4n) is 5.64. The fraction of sp³-hybridized carbons (Fsp3) is 0.481. The second-order valence-corrected chi connectivity index (χ2v) is 10.3. The van der Waals surface area contributed by atoms with E-state index >= 15 is 0 Å². The summed E-state index contributed by atoms with van der Waals surface area (Å²) in [7, 11) is 0. The minimum Gasteiger partial charge on any atom is -0.479 e. The van der Waals surface area contributed by atoms with Crippen LogP contribution in [0, 0.1) is 5.92 Å². The quantitative estimate of drug-likeness (QED) is 0.166. The van der Waals surface area contributed by atoms with Crippen molar-refractivity contribution in [2.24, 2.45) is 5.92 Å². The third-order valence-corrected chi connectivity index (χ3v) is 7.62. The zero-order valence-corrected chi connectivity index (χ0v) is 21.9. The van der Waals surface area contributed by atoms with Crippen LogP contribution in [0.1, 0.15) is 44.1 Å². The Morgan fingerprint density at radius 1 is 1.15 bits per heavy atom. The van der Waals surface area contributed by atoms with E-state index in [0.717, 1.165) is 18.1 Å². The van der Waals surface area contributed by atoms with Gasteiger partial charge in [0, 0.05) is 19.3 Å². The van der Waals surface area contributed by atoms with Crippen molar-refractivity contribution in [1.29, 1.82) is 0 Å². The van der Waals surface area contributed by atoms with E-state index in [4.69, 9.17) is 14.2 Å². The number of nitrogens with zero attached hydrogens (tertiary/aromatic N) is 1. The number of imidazole rings is 1. The van der Waals surface area contributed by atoms with Crippen molar-refractivity contribution in [3.63, 3.8) is 0 Å². The number of hydrogen-bond donors (Lipinski definition) is 6. The zero-order valence-electron chi connectivity index (χ0n) is 21.9. The average molecular weight is 561 g/mol. The number of carboxylic acids is 2. The molecule has 13 heteroatoms. The predicted octanol–water partition coefficient (Wildman–Crippen LogP) is 0.715. The Bertz CT molecular complexity index is 1270. The first-order valence-electron chi connectivity index (χ1n) is 12.6. The Balaban J connectivity index is 1.66. The Labute approximate surface area is 229 Å². The van der Waals surface area contributed by atoms with Crippen molar-refractivity contribution in [2.75, 3.05) is 0 Å². The molecule has 0 radical (unpaired) electrons. The zero-order chi connectivity index (χ0) is 29.5. The van der Waals surface area contributed by atoms with Crippen molar-refractivity contribution in [1.82, 2.24) is 9.97 Å². The third-order valence-electron chi connectivity index (χ3n) is 7.62. The minimum atomic E-state index is -3.38. The number of benzene rings is 1. The van der Waals surface area contributed by atoms with Crippen LogP contribution < -0.4 is 0 Å². The molecule has 0 aliphatic carbocycles. The van der Waals surface area contributed by atoms with Crippen LogP contribution >= 0.6 is 0 Å². The van der Waals surface area contributed by atoms with E-state index in [1.807, 2.05) is 37.3 Å². The molecule has 0 saturated carbocycles. The van der Waals surface area contributed by atoms with E-state index in [9.17, 15) is 39.9 Å². The summed E-state index contributed by atoms with van der Waals surface area (Å²) in [5.74, 6) is -7.17. The molecule has 13 nitrogen and oxygen atoms in total. The van der Waals surface area contributed by atoms with E-state index in [2.05, 4.69) is 16.5 Å². The lowest BCUT2D eigenvalue weighted by atomic mass is 9.74. The van der Waals surface area contributed by atoms with Gasteiger partial charge in [0.2, 0.25) is 11.2 Å². The SMILES string of the molecule is C=C(CC[C@]12O[C@H](c3cnc[nH]3)[C@@](O)(C(=O)O)[C@](C(=O)O)(O1)[C@H](O)[C@H]2O)[C@@H](OC(C)=O)[C@H](C)Cc1ccccc1. The smallest absolute Gasteiger partial charge is 0.342 e. The molecule has 1 aromatic heterocycles. The molecule has 2 aromatic rings. The molecular weight excluding hydrogens is 528 g/mol. The summed E-state index contributed by atoms with van der Waals surface area (Å²) in [4.78, 5) is 43.2. The molecule has 2 saturated heterocycles. The van der Waals surface area contributed by atoms with Crippen LogP contribution in [-0.4, -0.2) is 88.7 Å². The lowest BCUT2D eigenvalue weighted by Gasteiger charge is -2.49. The number of aliphatic hydroxyl groups is 3. The molecule has 216 valence electrons. The fourth-order valence-corrected chi connectivity index (χ4v) is 5.64. The van der Waals surface area contributed by atoms with Crippen LogP contribution in [0.15, 0.2) is 55.0 Å². The molecule has 8 atom stereocenters. The summed E-state index contributed by atoms with van der Waals surface area (Å²) in [6, 6.07) is 9.48. The highest BCUT2D eigenvalue weighted by Gasteiger charge is 2.83. The number of fused-ring (bicyclic) bond motifs is 2. The Hall–Kier alpha value is -3.62. The highest BCUT2D eigenvalue weighted by Crippen LogP contribution is 2.58. The molecule has 3 heterocycles. The second kappa shape index (κ2) is 10.7. The first-order valence-corrected chi connectivity index (χ1v) is 12.6. The van der Waals surface area contributed by atoms with Gasteiger partial charge in [-0.25, -0.2) is 14.6 Å². The third kappa shape index (κ3) is 4.59. The molecule has 0 amide bonds. The molecule has 2 aliphatic rings. The molecule has 0 spiro atoms. The summed E-state index contributed by atoms with van der Waals surface area (Å²) in [6.07, 6.45) is -4.82. The number of nitrogens with one attached hydrogen (secondary N) is 1. The molecule has 2 aliphatic heterocycles. The van der Waals surface area contributed by atoms with Gasteiger partial charge in [0.25, 0.3) is 0 Å². The maximum atomic E-state index is 12.5. The summed E-state index contributed by atoms with van der Waals surface area (Å²) in [5, 5.41) is 53.4. The predicted molar refractivity (Wildman–Crippen MR) is 134 cm³/mol. The topological polar surface area (TPSA) is 209 Å². The number of carbonyl (C=O) groups excluding carboxylic acids is 1. The average Bonchev–Trinajstić information content (AvgIpc) is 3.50. The molecule has 0 unspecified atom stereocenters. The number of carboxylic acid groups (broad SMARTS) is 2. The van der Waals surface area contributed by atoms with E-state index < -0.39 is 59.3 Å². The number of aliphatic carboxylic acids is 2. The van der Waals surface area contributed by atoms with Gasteiger partial charge in [-0.1, -0.05) is 43.8 Å². The van der Waals surface area contributed by atoms with Crippen molar-refractivity contribution in [2.45, 2.75) is 74.5 Å². The molecule has 4 rings (SSSR count). The number of aromatic amines is 1. The molecule has 6 N–H and O–H groups in total. The molecular formula is C27H32N2O11. The number of ether oxygens (including phenoxy) is 3. The lowest BCUT2D eigenvalue weighted by molar-refractivity contribution is -0.383. The summed E-state index contributed by atoms with van der Waals surface area (Å²) >= 11 is 0. The summed E-state index contributed by atoms with van der Waals surface area (Å²) in [6.45, 7) is 7.16. The summed E-state index contributed by atoms with van der Waals surface area (Å²) in [5.41, 5.74) is -5.35. The number of rotatable bonds is 11. The van der Waals surface area contributed by atoms with E-state index in [-0.39, 0.29) is 24.5 Å². The molecule has 40 heavy (non-hydrogen) atoms. The van der Waals surface area contributed by atoms with Gasteiger partial charge >= 0.3 is 17.9 Å². The van der Waals surface area contributed by atoms with Gasteiger partial charge in [-0.3, -0.25) is 4.79 Å². The van der Waals surface area contributed by atoms with Crippen LogP contribution in [0.5, 0.6) is 0 Å². The maximum Gasteiger partial charge on any atom is 0.342 e. The van der Waals surface area contributed by atoms with Crippen LogP contribution in [0.2, 0.25) is 0 Å². The van der Waals surface area contributed by atoms with Crippen LogP contribution in [0.25, 0.3) is 0 Å². The molecule has 1 aromatic carbocycles. The standard InChI is InChI=1S/C27H32N2O11/c1-14(19(38-16(3)30)15(2)11-17-7-5-4-6-8-17)9-10-25-20(31)21(32)27(40-25,24(35)36)26(37,23(33)34)22(39-25)18-12-28-13-29-18/h4-8,12-13,15,19-22,31-32,37H,1,9-11H2,2-3H3,(H,28,29)(H,33,34)(H,35,36)/t15-,19-,20-,21-,22-,25+,26-,27+/m1/s1. The van der Waals surface area contributed by atoms with Gasteiger partial charge in [0.1, 0.15) is 24.4 Å². The van der Waals surface area contributed by atoms with Gasteiger partial charge in [0.15, 0.2) is 5.79 Å². The molecule has 2 bridgehead atoms. The number of hydrogen-bond acceptors (Lipinski definition) is 10. The first-order chi connectivity index (χ1) is 18.8. The van der Waals surface area contributed by atoms with Gasteiger partial charge in [-0.15, -0.1) is 0 Å². The van der Waals surface area contributed by atoms with Crippen LogP contribution in [0.4, 0.5) is 0 Å². The largest absolute Gasteiger partial charge is 0.479 e. The number of carbonyl (C=O) groups is 3. The van der Waals surface area contributed by atoms with E-state index in [0.29, 0.717) is 12.0 Å². The highest BCUT2D eigenvalue weighted by atomic mass is 16.8. The van der Waals surface area contributed by atoms with Crippen molar-refractivity contribution < 1.29 is 54.1 Å². The van der Waals surface area contributed by atoms with E-state index in [1.54, 1.807) is 0 Å². The Kier molecular flexibility index (Phi) is 7.89. The van der Waals surface area contributed by atoms with Crippen LogP contribution in [0.3, 0.4) is 0 Å². The Morgan fingerprint density at radius 3 is 2.38 bits per heavy atom. The molecule has 2 fully saturated rings. The van der Waals surface area contributed by atoms with Gasteiger partial charge in [-0.2, -0.15) is 0 Å². The van der Waals surface area contributed by atoms with Crippen LogP contribution in [-0.2, 0) is 35.0 Å². The number of H-pyrrole nitrogens is 1. The van der Waals surface area contributed by atoms with Crippen molar-refractivity contribution in [3.05, 3.63) is 66.3 Å². The van der Waals surface area contributed by atoms with E-state index in [1.165, 1.54) is 6.92 Å². The summed E-state index contributed by atoms with van der Waals surface area (Å²) < 4.78 is 17.0.